The Hall–Kier alpha value is -3.38. The molecule has 2 amide bonds. The summed E-state index contributed by atoms with van der Waals surface area (Å²) in [6.07, 6.45) is 5.36. The number of nitrogens with one attached hydrogen (secondary N) is 2. The summed E-state index contributed by atoms with van der Waals surface area (Å²) in [5, 5.41) is 4.77. The first-order valence-corrected chi connectivity index (χ1v) is 12.3. The summed E-state index contributed by atoms with van der Waals surface area (Å²) in [7, 11) is 0. The second kappa shape index (κ2) is 9.24. The maximum atomic E-state index is 13.5. The lowest BCUT2D eigenvalue weighted by Gasteiger charge is -2.27. The number of amides is 2. The van der Waals surface area contributed by atoms with Crippen molar-refractivity contribution < 1.29 is 9.59 Å². The van der Waals surface area contributed by atoms with Crippen LogP contribution in [-0.4, -0.2) is 34.8 Å². The molecular formula is C27H27N3O2S. The van der Waals surface area contributed by atoms with E-state index < -0.39 is 0 Å². The van der Waals surface area contributed by atoms with Crippen molar-refractivity contribution in [1.82, 2.24) is 9.88 Å². The van der Waals surface area contributed by atoms with Crippen LogP contribution >= 0.6 is 11.3 Å². The third-order valence-corrected chi connectivity index (χ3v) is 7.58. The van der Waals surface area contributed by atoms with Crippen LogP contribution in [0.25, 0.3) is 21.3 Å². The van der Waals surface area contributed by atoms with E-state index in [0.717, 1.165) is 64.8 Å². The number of aromatic nitrogens is 1. The second-order valence-electron chi connectivity index (χ2n) is 8.56. The smallest absolute Gasteiger partial charge is 0.257 e. The van der Waals surface area contributed by atoms with Gasteiger partial charge in [-0.3, -0.25) is 9.59 Å². The van der Waals surface area contributed by atoms with Gasteiger partial charge < -0.3 is 15.2 Å². The third-order valence-electron chi connectivity index (χ3n) is 6.32. The number of aromatic amines is 1. The minimum atomic E-state index is -0.117. The Bertz CT molecular complexity index is 1300. The highest BCUT2D eigenvalue weighted by atomic mass is 32.1. The van der Waals surface area contributed by atoms with Gasteiger partial charge in [-0.05, 0) is 48.9 Å². The third kappa shape index (κ3) is 4.31. The number of anilines is 1. The topological polar surface area (TPSA) is 65.2 Å². The highest BCUT2D eigenvalue weighted by Gasteiger charge is 2.27. The largest absolute Gasteiger partial charge is 0.361 e. The molecule has 5 nitrogen and oxygen atoms in total. The van der Waals surface area contributed by atoms with Crippen molar-refractivity contribution in [2.24, 2.45) is 0 Å². The van der Waals surface area contributed by atoms with E-state index in [9.17, 15) is 9.59 Å². The lowest BCUT2D eigenvalue weighted by Crippen LogP contribution is -2.36. The Morgan fingerprint density at radius 2 is 1.73 bits per heavy atom. The Kier molecular flexibility index (Phi) is 6.01. The van der Waals surface area contributed by atoms with E-state index in [-0.39, 0.29) is 18.2 Å². The summed E-state index contributed by atoms with van der Waals surface area (Å²) >= 11 is 1.49. The van der Waals surface area contributed by atoms with E-state index in [0.29, 0.717) is 10.6 Å². The first-order chi connectivity index (χ1) is 16.1. The van der Waals surface area contributed by atoms with Crippen LogP contribution in [0, 0.1) is 6.92 Å². The van der Waals surface area contributed by atoms with Gasteiger partial charge in [-0.25, -0.2) is 0 Å². The number of fused-ring (bicyclic) bond motifs is 1. The van der Waals surface area contributed by atoms with Crippen LogP contribution in [0.1, 0.15) is 40.7 Å². The van der Waals surface area contributed by atoms with Crippen molar-refractivity contribution in [3.63, 3.8) is 0 Å². The van der Waals surface area contributed by atoms with Gasteiger partial charge in [0, 0.05) is 35.1 Å². The zero-order valence-corrected chi connectivity index (χ0v) is 19.5. The van der Waals surface area contributed by atoms with Gasteiger partial charge in [0.2, 0.25) is 5.91 Å². The standard InChI is InChI=1S/C27H27N3O2S/c1-18-24(27(32)30-14-8-3-9-15-30)26(33-25(18)19-10-4-2-5-11-19)29-23(31)16-20-17-28-22-13-7-6-12-21(20)22/h2,4-7,10-13,17,28H,3,8-9,14-16H2,1H3,(H,29,31). The minimum Gasteiger partial charge on any atom is -0.361 e. The number of carbonyl (C=O) groups excluding carboxylic acids is 2. The van der Waals surface area contributed by atoms with Crippen molar-refractivity contribution in [2.75, 3.05) is 18.4 Å². The molecule has 2 aromatic carbocycles. The van der Waals surface area contributed by atoms with Gasteiger partial charge in [0.1, 0.15) is 5.00 Å². The fourth-order valence-corrected chi connectivity index (χ4v) is 5.82. The van der Waals surface area contributed by atoms with Crippen molar-refractivity contribution in [2.45, 2.75) is 32.6 Å². The number of hydrogen-bond donors (Lipinski definition) is 2. The fourth-order valence-electron chi connectivity index (χ4n) is 4.60. The van der Waals surface area contributed by atoms with Crippen molar-refractivity contribution >= 4 is 39.1 Å². The van der Waals surface area contributed by atoms with E-state index in [1.807, 2.05) is 72.6 Å². The lowest BCUT2D eigenvalue weighted by atomic mass is 10.0. The highest BCUT2D eigenvalue weighted by molar-refractivity contribution is 7.20. The molecule has 1 aliphatic heterocycles. The predicted molar refractivity (Wildman–Crippen MR) is 135 cm³/mol. The summed E-state index contributed by atoms with van der Waals surface area (Å²) in [5.74, 6) is -0.0960. The SMILES string of the molecule is Cc1c(-c2ccccc2)sc(NC(=O)Cc2c[nH]c3ccccc23)c1C(=O)N1CCCCC1. The molecule has 6 heteroatoms. The number of H-pyrrole nitrogens is 1. The number of carbonyl (C=O) groups is 2. The van der Waals surface area contributed by atoms with Gasteiger partial charge >= 0.3 is 0 Å². The second-order valence-corrected chi connectivity index (χ2v) is 9.58. The predicted octanol–water partition coefficient (Wildman–Crippen LogP) is 6.01. The number of rotatable bonds is 5. The van der Waals surface area contributed by atoms with Gasteiger partial charge in [0.25, 0.3) is 5.91 Å². The van der Waals surface area contributed by atoms with E-state index in [2.05, 4.69) is 10.3 Å². The molecule has 0 unspecified atom stereocenters. The molecule has 0 atom stereocenters. The highest BCUT2D eigenvalue weighted by Crippen LogP contribution is 2.41. The molecule has 5 rings (SSSR count). The zero-order chi connectivity index (χ0) is 22.8. The van der Waals surface area contributed by atoms with Gasteiger partial charge in [-0.15, -0.1) is 11.3 Å². The Morgan fingerprint density at radius 3 is 2.52 bits per heavy atom. The molecule has 0 bridgehead atoms. The molecular weight excluding hydrogens is 430 g/mol. The minimum absolute atomic E-state index is 0.0213. The molecule has 0 saturated carbocycles. The number of para-hydroxylation sites is 1. The molecule has 1 saturated heterocycles. The van der Waals surface area contributed by atoms with Crippen LogP contribution in [0.5, 0.6) is 0 Å². The quantitative estimate of drug-likeness (QED) is 0.385. The Labute approximate surface area is 197 Å². The van der Waals surface area contributed by atoms with Crippen LogP contribution < -0.4 is 5.32 Å². The lowest BCUT2D eigenvalue weighted by molar-refractivity contribution is -0.115. The summed E-state index contributed by atoms with van der Waals surface area (Å²) < 4.78 is 0. The van der Waals surface area contributed by atoms with Crippen molar-refractivity contribution in [3.8, 4) is 10.4 Å². The number of nitrogens with zero attached hydrogens (tertiary/aromatic N) is 1. The van der Waals surface area contributed by atoms with Crippen LogP contribution in [-0.2, 0) is 11.2 Å². The van der Waals surface area contributed by atoms with Gasteiger partial charge in [-0.1, -0.05) is 48.5 Å². The van der Waals surface area contributed by atoms with Crippen LogP contribution in [0.4, 0.5) is 5.00 Å². The molecule has 0 radical (unpaired) electrons. The number of piperidine rings is 1. The summed E-state index contributed by atoms with van der Waals surface area (Å²) in [6.45, 7) is 3.54. The molecule has 168 valence electrons. The zero-order valence-electron chi connectivity index (χ0n) is 18.7. The van der Waals surface area contributed by atoms with E-state index in [4.69, 9.17) is 0 Å². The van der Waals surface area contributed by atoms with E-state index in [1.54, 1.807) is 0 Å². The first kappa shape index (κ1) is 21.5. The van der Waals surface area contributed by atoms with E-state index in [1.165, 1.54) is 11.3 Å². The van der Waals surface area contributed by atoms with Gasteiger partial charge in [0.05, 0.1) is 12.0 Å². The molecule has 0 spiro atoms. The average Bonchev–Trinajstić information content (AvgIpc) is 3.40. The molecule has 33 heavy (non-hydrogen) atoms. The fraction of sp³-hybridized carbons (Fsp3) is 0.259. The molecule has 2 aromatic heterocycles. The molecule has 2 N–H and O–H groups in total. The van der Waals surface area contributed by atoms with Gasteiger partial charge in [0.15, 0.2) is 0 Å². The number of hydrogen-bond acceptors (Lipinski definition) is 3. The number of thiophene rings is 1. The molecule has 4 aromatic rings. The summed E-state index contributed by atoms with van der Waals surface area (Å²) in [4.78, 5) is 32.8. The molecule has 1 fully saturated rings. The van der Waals surface area contributed by atoms with E-state index >= 15 is 0 Å². The maximum absolute atomic E-state index is 13.5. The Morgan fingerprint density at radius 1 is 1.00 bits per heavy atom. The van der Waals surface area contributed by atoms with Crippen molar-refractivity contribution in [3.05, 3.63) is 77.5 Å². The van der Waals surface area contributed by atoms with Gasteiger partial charge in [-0.2, -0.15) is 0 Å². The van der Waals surface area contributed by atoms with Crippen LogP contribution in [0.15, 0.2) is 60.8 Å². The normalized spacial score (nSPS) is 13.9. The monoisotopic (exact) mass is 457 g/mol. The Balaban J connectivity index is 1.47. The average molecular weight is 458 g/mol. The molecule has 3 heterocycles. The maximum Gasteiger partial charge on any atom is 0.257 e. The number of benzene rings is 2. The van der Waals surface area contributed by atoms with Crippen LogP contribution in [0.2, 0.25) is 0 Å². The van der Waals surface area contributed by atoms with Crippen LogP contribution in [0.3, 0.4) is 0 Å². The van der Waals surface area contributed by atoms with Crippen molar-refractivity contribution in [1.29, 1.82) is 0 Å². The molecule has 0 aliphatic carbocycles. The molecule has 1 aliphatic rings. The summed E-state index contributed by atoms with van der Waals surface area (Å²) in [5.41, 5.74) is 4.59. The number of likely N-dealkylation sites (tertiary alicyclic amines) is 1. The first-order valence-electron chi connectivity index (χ1n) is 11.4. The summed E-state index contributed by atoms with van der Waals surface area (Å²) in [6, 6.07) is 18.0.